The summed E-state index contributed by atoms with van der Waals surface area (Å²) in [5.41, 5.74) is 6.80. The molecule has 88 valence electrons. The minimum atomic E-state index is 0.189. The van der Waals surface area contributed by atoms with Crippen LogP contribution in [0.1, 0.15) is 31.4 Å². The Bertz CT molecular complexity index is 340. The van der Waals surface area contributed by atoms with E-state index in [1.165, 1.54) is 5.56 Å². The van der Waals surface area contributed by atoms with Crippen molar-refractivity contribution in [1.82, 2.24) is 0 Å². The van der Waals surface area contributed by atoms with Crippen molar-refractivity contribution in [1.29, 1.82) is 0 Å². The van der Waals surface area contributed by atoms with E-state index in [9.17, 15) is 0 Å². The molecule has 1 fully saturated rings. The standard InChI is InChI=1S/C13H19NO2/c1-2-15-11-5-3-4-10(8-11)13-7-6-12(9-14)16-13/h3-5,8,12-13H,2,6-7,9,14H2,1H3/t12-,13+/m1/s1. The van der Waals surface area contributed by atoms with Gasteiger partial charge in [0.05, 0.1) is 18.8 Å². The molecule has 0 aliphatic carbocycles. The second-order valence-electron chi connectivity index (χ2n) is 4.07. The van der Waals surface area contributed by atoms with E-state index in [4.69, 9.17) is 15.2 Å². The van der Waals surface area contributed by atoms with Crippen LogP contribution in [0.5, 0.6) is 5.75 Å². The summed E-state index contributed by atoms with van der Waals surface area (Å²) in [5, 5.41) is 0. The zero-order valence-corrected chi connectivity index (χ0v) is 9.69. The molecule has 1 heterocycles. The molecule has 2 atom stereocenters. The third kappa shape index (κ3) is 2.54. The fourth-order valence-electron chi connectivity index (χ4n) is 2.10. The smallest absolute Gasteiger partial charge is 0.119 e. The zero-order valence-electron chi connectivity index (χ0n) is 9.69. The molecule has 0 saturated carbocycles. The second kappa shape index (κ2) is 5.32. The van der Waals surface area contributed by atoms with Crippen LogP contribution in [0, 0.1) is 0 Å². The van der Waals surface area contributed by atoms with Crippen LogP contribution in [0.3, 0.4) is 0 Å². The molecule has 1 aliphatic rings. The van der Waals surface area contributed by atoms with Gasteiger partial charge in [0, 0.05) is 6.54 Å². The van der Waals surface area contributed by atoms with Gasteiger partial charge in [-0.15, -0.1) is 0 Å². The Morgan fingerprint density at radius 3 is 3.00 bits per heavy atom. The van der Waals surface area contributed by atoms with Crippen molar-refractivity contribution in [2.24, 2.45) is 5.73 Å². The first-order chi connectivity index (χ1) is 7.83. The Balaban J connectivity index is 2.06. The van der Waals surface area contributed by atoms with Gasteiger partial charge in [-0.25, -0.2) is 0 Å². The van der Waals surface area contributed by atoms with Gasteiger partial charge in [0.1, 0.15) is 5.75 Å². The molecule has 1 aliphatic heterocycles. The van der Waals surface area contributed by atoms with Gasteiger partial charge in [-0.1, -0.05) is 12.1 Å². The van der Waals surface area contributed by atoms with Crippen molar-refractivity contribution in [3.8, 4) is 5.75 Å². The van der Waals surface area contributed by atoms with Gasteiger partial charge in [-0.3, -0.25) is 0 Å². The van der Waals surface area contributed by atoms with Crippen molar-refractivity contribution in [2.75, 3.05) is 13.2 Å². The summed E-state index contributed by atoms with van der Waals surface area (Å²) in [4.78, 5) is 0. The lowest BCUT2D eigenvalue weighted by molar-refractivity contribution is 0.0497. The number of hydrogen-bond donors (Lipinski definition) is 1. The molecule has 16 heavy (non-hydrogen) atoms. The minimum absolute atomic E-state index is 0.189. The molecule has 2 N–H and O–H groups in total. The van der Waals surface area contributed by atoms with Crippen molar-refractivity contribution >= 4 is 0 Å². The first kappa shape index (κ1) is 11.4. The number of hydrogen-bond acceptors (Lipinski definition) is 3. The van der Waals surface area contributed by atoms with E-state index >= 15 is 0 Å². The summed E-state index contributed by atoms with van der Waals surface area (Å²) in [7, 11) is 0. The molecule has 0 radical (unpaired) electrons. The summed E-state index contributed by atoms with van der Waals surface area (Å²) >= 11 is 0. The molecule has 0 amide bonds. The molecule has 3 heteroatoms. The zero-order chi connectivity index (χ0) is 11.4. The third-order valence-electron chi connectivity index (χ3n) is 2.91. The average molecular weight is 221 g/mol. The van der Waals surface area contributed by atoms with Crippen LogP contribution >= 0.6 is 0 Å². The maximum atomic E-state index is 5.85. The fraction of sp³-hybridized carbons (Fsp3) is 0.538. The summed E-state index contributed by atoms with van der Waals surface area (Å²) in [6, 6.07) is 8.14. The molecule has 0 spiro atoms. The van der Waals surface area contributed by atoms with Crippen LogP contribution in [0.25, 0.3) is 0 Å². The Labute approximate surface area is 96.5 Å². The molecular formula is C13H19NO2. The molecule has 2 rings (SSSR count). The number of rotatable bonds is 4. The van der Waals surface area contributed by atoms with Gasteiger partial charge in [0.15, 0.2) is 0 Å². The van der Waals surface area contributed by atoms with Crippen LogP contribution in [0.15, 0.2) is 24.3 Å². The van der Waals surface area contributed by atoms with E-state index in [2.05, 4.69) is 12.1 Å². The highest BCUT2D eigenvalue weighted by Crippen LogP contribution is 2.33. The lowest BCUT2D eigenvalue weighted by atomic mass is 10.1. The molecule has 1 aromatic rings. The van der Waals surface area contributed by atoms with Crippen LogP contribution in [-0.2, 0) is 4.74 Å². The topological polar surface area (TPSA) is 44.5 Å². The van der Waals surface area contributed by atoms with E-state index in [-0.39, 0.29) is 12.2 Å². The summed E-state index contributed by atoms with van der Waals surface area (Å²) in [5.74, 6) is 0.916. The molecule has 0 unspecified atom stereocenters. The van der Waals surface area contributed by atoms with Crippen LogP contribution < -0.4 is 10.5 Å². The van der Waals surface area contributed by atoms with Gasteiger partial charge >= 0.3 is 0 Å². The van der Waals surface area contributed by atoms with Gasteiger partial charge in [0.2, 0.25) is 0 Å². The highest BCUT2D eigenvalue weighted by atomic mass is 16.5. The molecule has 3 nitrogen and oxygen atoms in total. The minimum Gasteiger partial charge on any atom is -0.494 e. The van der Waals surface area contributed by atoms with E-state index in [0.717, 1.165) is 18.6 Å². The number of benzene rings is 1. The summed E-state index contributed by atoms with van der Waals surface area (Å²) in [6.07, 6.45) is 2.52. The lowest BCUT2D eigenvalue weighted by Gasteiger charge is -2.13. The Hall–Kier alpha value is -1.06. The highest BCUT2D eigenvalue weighted by molar-refractivity contribution is 5.30. The van der Waals surface area contributed by atoms with Gasteiger partial charge in [0.25, 0.3) is 0 Å². The van der Waals surface area contributed by atoms with E-state index < -0.39 is 0 Å². The second-order valence-corrected chi connectivity index (χ2v) is 4.07. The monoisotopic (exact) mass is 221 g/mol. The maximum Gasteiger partial charge on any atom is 0.119 e. The van der Waals surface area contributed by atoms with E-state index in [1.807, 2.05) is 19.1 Å². The third-order valence-corrected chi connectivity index (χ3v) is 2.91. The first-order valence-electron chi connectivity index (χ1n) is 5.91. The SMILES string of the molecule is CCOc1cccc([C@@H]2CC[C@H](CN)O2)c1. The largest absolute Gasteiger partial charge is 0.494 e. The van der Waals surface area contributed by atoms with Crippen molar-refractivity contribution in [3.63, 3.8) is 0 Å². The van der Waals surface area contributed by atoms with Crippen molar-refractivity contribution < 1.29 is 9.47 Å². The predicted octanol–water partition coefficient (Wildman–Crippen LogP) is 2.26. The highest BCUT2D eigenvalue weighted by Gasteiger charge is 2.25. The lowest BCUT2D eigenvalue weighted by Crippen LogP contribution is -2.18. The Morgan fingerprint density at radius 1 is 1.44 bits per heavy atom. The number of ether oxygens (including phenoxy) is 2. The van der Waals surface area contributed by atoms with E-state index in [1.54, 1.807) is 0 Å². The van der Waals surface area contributed by atoms with Crippen molar-refractivity contribution in [3.05, 3.63) is 29.8 Å². The molecule has 0 aromatic heterocycles. The molecular weight excluding hydrogens is 202 g/mol. The fourth-order valence-corrected chi connectivity index (χ4v) is 2.10. The van der Waals surface area contributed by atoms with Gasteiger partial charge in [-0.2, -0.15) is 0 Å². The quantitative estimate of drug-likeness (QED) is 0.848. The Kier molecular flexibility index (Phi) is 3.80. The van der Waals surface area contributed by atoms with Crippen LogP contribution in [-0.4, -0.2) is 19.3 Å². The summed E-state index contributed by atoms with van der Waals surface area (Å²) < 4.78 is 11.3. The Morgan fingerprint density at radius 2 is 2.31 bits per heavy atom. The maximum absolute atomic E-state index is 5.85. The van der Waals surface area contributed by atoms with Gasteiger partial charge in [-0.05, 0) is 37.5 Å². The first-order valence-corrected chi connectivity index (χ1v) is 5.91. The number of nitrogens with two attached hydrogens (primary N) is 1. The van der Waals surface area contributed by atoms with Crippen LogP contribution in [0.4, 0.5) is 0 Å². The van der Waals surface area contributed by atoms with Crippen molar-refractivity contribution in [2.45, 2.75) is 32.0 Å². The molecule has 1 saturated heterocycles. The van der Waals surface area contributed by atoms with Gasteiger partial charge < -0.3 is 15.2 Å². The van der Waals surface area contributed by atoms with Crippen LogP contribution in [0.2, 0.25) is 0 Å². The molecule has 0 bridgehead atoms. The molecule has 1 aromatic carbocycles. The average Bonchev–Trinajstić information content (AvgIpc) is 2.78. The van der Waals surface area contributed by atoms with E-state index in [0.29, 0.717) is 13.2 Å². The normalized spacial score (nSPS) is 24.6. The summed E-state index contributed by atoms with van der Waals surface area (Å²) in [6.45, 7) is 3.30. The predicted molar refractivity (Wildman–Crippen MR) is 63.5 cm³/mol.